The fourth-order valence-corrected chi connectivity index (χ4v) is 2.48. The summed E-state index contributed by atoms with van der Waals surface area (Å²) in [6, 6.07) is 10.1. The predicted molar refractivity (Wildman–Crippen MR) is 102 cm³/mol. The zero-order valence-electron chi connectivity index (χ0n) is 16.4. The molecule has 7 nitrogen and oxygen atoms in total. The molecule has 0 radical (unpaired) electrons. The zero-order valence-corrected chi connectivity index (χ0v) is 16.4. The number of hydrogen-bond donors (Lipinski definition) is 1. The number of alkyl halides is 3. The van der Waals surface area contributed by atoms with E-state index in [1.54, 1.807) is 12.1 Å². The lowest BCUT2D eigenvalue weighted by Gasteiger charge is -2.12. The molecule has 0 heterocycles. The average Bonchev–Trinajstić information content (AvgIpc) is 2.68. The number of carbonyl (C=O) groups is 1. The standard InChI is InChI=1S/C20H21F3N2O5/c1-13(2)29-11-15-5-3-4-14(8-15)10-24-19(26)17-9-16(30-12-20(21,22)23)6-7-18(17)25(27)28/h3-9,13H,10-12H2,1-2H3,(H,24,26). The monoisotopic (exact) mass is 426 g/mol. The van der Waals surface area contributed by atoms with E-state index in [-0.39, 0.29) is 24.0 Å². The Hall–Kier alpha value is -3.14. The number of nitro benzene ring substituents is 1. The molecule has 0 saturated heterocycles. The van der Waals surface area contributed by atoms with Crippen LogP contribution in [-0.4, -0.2) is 29.7 Å². The second-order valence-corrected chi connectivity index (χ2v) is 6.70. The number of carbonyl (C=O) groups excluding carboxylic acids is 1. The summed E-state index contributed by atoms with van der Waals surface area (Å²) in [5.74, 6) is -1.10. The molecule has 30 heavy (non-hydrogen) atoms. The second kappa shape index (κ2) is 10.1. The molecule has 0 aliphatic carbocycles. The van der Waals surface area contributed by atoms with Crippen LogP contribution in [0.3, 0.4) is 0 Å². The minimum absolute atomic E-state index is 0.0562. The topological polar surface area (TPSA) is 90.7 Å². The van der Waals surface area contributed by atoms with Crippen LogP contribution < -0.4 is 10.1 Å². The largest absolute Gasteiger partial charge is 0.484 e. The van der Waals surface area contributed by atoms with Crippen molar-refractivity contribution in [3.05, 3.63) is 69.3 Å². The van der Waals surface area contributed by atoms with Gasteiger partial charge >= 0.3 is 6.18 Å². The Kier molecular flexibility index (Phi) is 7.76. The molecule has 0 aliphatic rings. The molecule has 1 amide bonds. The predicted octanol–water partition coefficient (Wildman–Crippen LogP) is 4.39. The van der Waals surface area contributed by atoms with Crippen molar-refractivity contribution >= 4 is 11.6 Å². The van der Waals surface area contributed by atoms with Gasteiger partial charge in [-0.05, 0) is 37.1 Å². The molecule has 0 spiro atoms. The number of nitro groups is 1. The molecule has 1 N–H and O–H groups in total. The van der Waals surface area contributed by atoms with Crippen molar-refractivity contribution in [2.75, 3.05) is 6.61 Å². The van der Waals surface area contributed by atoms with Crippen LogP contribution in [0.15, 0.2) is 42.5 Å². The minimum Gasteiger partial charge on any atom is -0.484 e. The van der Waals surface area contributed by atoms with Crippen molar-refractivity contribution in [1.29, 1.82) is 0 Å². The average molecular weight is 426 g/mol. The van der Waals surface area contributed by atoms with Crippen molar-refractivity contribution in [2.24, 2.45) is 0 Å². The number of nitrogens with one attached hydrogen (secondary N) is 1. The van der Waals surface area contributed by atoms with Gasteiger partial charge in [0, 0.05) is 12.6 Å². The SMILES string of the molecule is CC(C)OCc1cccc(CNC(=O)c2cc(OCC(F)(F)F)ccc2[N+](=O)[O-])c1. The second-order valence-electron chi connectivity index (χ2n) is 6.70. The van der Waals surface area contributed by atoms with Gasteiger partial charge in [0.1, 0.15) is 11.3 Å². The quantitative estimate of drug-likeness (QED) is 0.474. The third-order valence-electron chi connectivity index (χ3n) is 3.84. The van der Waals surface area contributed by atoms with Gasteiger partial charge in [-0.2, -0.15) is 13.2 Å². The summed E-state index contributed by atoms with van der Waals surface area (Å²) in [4.78, 5) is 22.9. The summed E-state index contributed by atoms with van der Waals surface area (Å²) in [5, 5.41) is 13.7. The fraction of sp³-hybridized carbons (Fsp3) is 0.350. The molecular formula is C20H21F3N2O5. The van der Waals surface area contributed by atoms with Crippen LogP contribution in [0.4, 0.5) is 18.9 Å². The summed E-state index contributed by atoms with van der Waals surface area (Å²) in [6.07, 6.45) is -4.52. The van der Waals surface area contributed by atoms with Crippen LogP contribution in [0.1, 0.15) is 35.3 Å². The fourth-order valence-electron chi connectivity index (χ4n) is 2.48. The Bertz CT molecular complexity index is 900. The molecule has 0 fully saturated rings. The molecule has 0 aliphatic heterocycles. The van der Waals surface area contributed by atoms with E-state index in [9.17, 15) is 28.1 Å². The Balaban J connectivity index is 2.11. The number of amides is 1. The summed E-state index contributed by atoms with van der Waals surface area (Å²) in [7, 11) is 0. The molecule has 2 aromatic carbocycles. The Labute approximate surface area is 170 Å². The van der Waals surface area contributed by atoms with Gasteiger partial charge in [0.05, 0.1) is 17.6 Å². The molecule has 0 unspecified atom stereocenters. The van der Waals surface area contributed by atoms with Gasteiger partial charge in [0.15, 0.2) is 6.61 Å². The summed E-state index contributed by atoms with van der Waals surface area (Å²) < 4.78 is 47.1. The maximum absolute atomic E-state index is 12.5. The number of hydrogen-bond acceptors (Lipinski definition) is 5. The minimum atomic E-state index is -4.57. The lowest BCUT2D eigenvalue weighted by Crippen LogP contribution is -2.24. The highest BCUT2D eigenvalue weighted by Crippen LogP contribution is 2.26. The molecule has 0 aromatic heterocycles. The number of nitrogens with zero attached hydrogens (tertiary/aromatic N) is 1. The first kappa shape index (κ1) is 23.1. The van der Waals surface area contributed by atoms with E-state index < -0.39 is 29.3 Å². The van der Waals surface area contributed by atoms with E-state index in [1.807, 2.05) is 26.0 Å². The molecule has 162 valence electrons. The van der Waals surface area contributed by atoms with Gasteiger partial charge in [-0.25, -0.2) is 0 Å². The summed E-state index contributed by atoms with van der Waals surface area (Å²) >= 11 is 0. The number of benzene rings is 2. The lowest BCUT2D eigenvalue weighted by molar-refractivity contribution is -0.385. The van der Waals surface area contributed by atoms with E-state index in [2.05, 4.69) is 10.1 Å². The molecular weight excluding hydrogens is 405 g/mol. The molecule has 10 heteroatoms. The summed E-state index contributed by atoms with van der Waals surface area (Å²) in [5.41, 5.74) is 0.703. The van der Waals surface area contributed by atoms with Crippen molar-refractivity contribution in [3.8, 4) is 5.75 Å². The smallest absolute Gasteiger partial charge is 0.422 e. The van der Waals surface area contributed by atoms with Gasteiger partial charge in [-0.1, -0.05) is 24.3 Å². The third-order valence-corrected chi connectivity index (χ3v) is 3.84. The molecule has 0 bridgehead atoms. The van der Waals surface area contributed by atoms with Crippen LogP contribution in [0.2, 0.25) is 0 Å². The highest BCUT2D eigenvalue weighted by molar-refractivity contribution is 5.98. The van der Waals surface area contributed by atoms with E-state index in [0.717, 1.165) is 29.3 Å². The van der Waals surface area contributed by atoms with Gasteiger partial charge < -0.3 is 14.8 Å². The Morgan fingerprint density at radius 1 is 1.17 bits per heavy atom. The van der Waals surface area contributed by atoms with Crippen LogP contribution in [-0.2, 0) is 17.9 Å². The molecule has 2 aromatic rings. The maximum atomic E-state index is 12.5. The lowest BCUT2D eigenvalue weighted by atomic mass is 10.1. The molecule has 2 rings (SSSR count). The van der Waals surface area contributed by atoms with Gasteiger partial charge in [-0.3, -0.25) is 14.9 Å². The molecule has 0 saturated carbocycles. The zero-order chi connectivity index (χ0) is 22.3. The normalized spacial score (nSPS) is 11.4. The van der Waals surface area contributed by atoms with Crippen LogP contribution >= 0.6 is 0 Å². The Morgan fingerprint density at radius 3 is 2.50 bits per heavy atom. The first-order valence-corrected chi connectivity index (χ1v) is 9.01. The van der Waals surface area contributed by atoms with Crippen LogP contribution in [0.25, 0.3) is 0 Å². The number of rotatable bonds is 9. The summed E-state index contributed by atoms with van der Waals surface area (Å²) in [6.45, 7) is 2.70. The van der Waals surface area contributed by atoms with Gasteiger partial charge in [-0.15, -0.1) is 0 Å². The van der Waals surface area contributed by atoms with Gasteiger partial charge in [0.25, 0.3) is 11.6 Å². The first-order chi connectivity index (χ1) is 14.0. The number of ether oxygens (including phenoxy) is 2. The highest BCUT2D eigenvalue weighted by atomic mass is 19.4. The van der Waals surface area contributed by atoms with Crippen molar-refractivity contribution in [2.45, 2.75) is 39.3 Å². The van der Waals surface area contributed by atoms with Crippen LogP contribution in [0, 0.1) is 10.1 Å². The van der Waals surface area contributed by atoms with Crippen molar-refractivity contribution in [1.82, 2.24) is 5.32 Å². The van der Waals surface area contributed by atoms with Crippen molar-refractivity contribution < 1.29 is 32.4 Å². The Morgan fingerprint density at radius 2 is 1.87 bits per heavy atom. The maximum Gasteiger partial charge on any atom is 0.422 e. The van der Waals surface area contributed by atoms with E-state index >= 15 is 0 Å². The van der Waals surface area contributed by atoms with E-state index in [0.29, 0.717) is 6.61 Å². The molecule has 0 atom stereocenters. The first-order valence-electron chi connectivity index (χ1n) is 9.01. The van der Waals surface area contributed by atoms with Crippen molar-refractivity contribution in [3.63, 3.8) is 0 Å². The highest BCUT2D eigenvalue weighted by Gasteiger charge is 2.29. The van der Waals surface area contributed by atoms with Gasteiger partial charge in [0.2, 0.25) is 0 Å². The number of halogens is 3. The third kappa shape index (κ3) is 7.36. The van der Waals surface area contributed by atoms with E-state index in [1.165, 1.54) is 0 Å². The van der Waals surface area contributed by atoms with Crippen LogP contribution in [0.5, 0.6) is 5.75 Å². The van der Waals surface area contributed by atoms with E-state index in [4.69, 9.17) is 4.74 Å².